The summed E-state index contributed by atoms with van der Waals surface area (Å²) in [5, 5.41) is 15.7. The maximum atomic E-state index is 11.4. The second-order valence-electron chi connectivity index (χ2n) is 6.74. The van der Waals surface area contributed by atoms with Gasteiger partial charge in [0.2, 0.25) is 16.0 Å². The van der Waals surface area contributed by atoms with Crippen LogP contribution in [0, 0.1) is 0 Å². The van der Waals surface area contributed by atoms with Crippen molar-refractivity contribution in [1.82, 2.24) is 19.9 Å². The van der Waals surface area contributed by atoms with Crippen LogP contribution >= 0.6 is 0 Å². The highest BCUT2D eigenvalue weighted by Crippen LogP contribution is 2.24. The van der Waals surface area contributed by atoms with Crippen molar-refractivity contribution in [2.45, 2.75) is 19.4 Å². The SMILES string of the molecule is CC(C)(CO)Nc1nc(Nc2cccc(NS(C)(=O)=O)c2)nc2nc[nH]c12. The lowest BCUT2D eigenvalue weighted by Gasteiger charge is -2.24. The zero-order valence-electron chi connectivity index (χ0n) is 15.1. The molecule has 0 aliphatic rings. The quantitative estimate of drug-likeness (QED) is 0.409. The molecule has 3 aromatic rings. The van der Waals surface area contributed by atoms with Gasteiger partial charge in [0.05, 0.1) is 30.4 Å². The number of fused-ring (bicyclic) bond motifs is 1. The number of aromatic nitrogens is 4. The van der Waals surface area contributed by atoms with Crippen LogP contribution in [0.2, 0.25) is 0 Å². The number of rotatable bonds is 7. The maximum absolute atomic E-state index is 11.4. The van der Waals surface area contributed by atoms with Crippen LogP contribution in [0.1, 0.15) is 13.8 Å². The predicted molar refractivity (Wildman–Crippen MR) is 105 cm³/mol. The highest BCUT2D eigenvalue weighted by atomic mass is 32.2. The van der Waals surface area contributed by atoms with Crippen molar-refractivity contribution < 1.29 is 13.5 Å². The molecule has 0 bridgehead atoms. The Morgan fingerprint density at radius 1 is 1.22 bits per heavy atom. The van der Waals surface area contributed by atoms with Crippen LogP contribution in [-0.4, -0.2) is 51.9 Å². The molecule has 0 fully saturated rings. The van der Waals surface area contributed by atoms with Gasteiger partial charge in [0.1, 0.15) is 5.52 Å². The molecule has 0 saturated heterocycles. The van der Waals surface area contributed by atoms with E-state index in [2.05, 4.69) is 35.3 Å². The molecule has 0 spiro atoms. The first kappa shape index (κ1) is 18.9. The van der Waals surface area contributed by atoms with E-state index < -0.39 is 15.6 Å². The number of hydrogen-bond donors (Lipinski definition) is 5. The minimum atomic E-state index is -3.37. The number of nitrogens with one attached hydrogen (secondary N) is 4. The molecule has 0 atom stereocenters. The van der Waals surface area contributed by atoms with Gasteiger partial charge < -0.3 is 20.7 Å². The molecule has 0 aliphatic carbocycles. The molecule has 11 heteroatoms. The molecule has 1 aromatic carbocycles. The summed E-state index contributed by atoms with van der Waals surface area (Å²) in [6.07, 6.45) is 2.60. The third kappa shape index (κ3) is 4.83. The van der Waals surface area contributed by atoms with E-state index in [4.69, 9.17) is 0 Å². The summed E-state index contributed by atoms with van der Waals surface area (Å²) < 4.78 is 25.2. The number of sulfonamides is 1. The summed E-state index contributed by atoms with van der Waals surface area (Å²) in [7, 11) is -3.37. The first-order chi connectivity index (χ1) is 12.6. The van der Waals surface area contributed by atoms with Crippen molar-refractivity contribution in [1.29, 1.82) is 0 Å². The van der Waals surface area contributed by atoms with Crippen LogP contribution in [0.5, 0.6) is 0 Å². The third-order valence-corrected chi connectivity index (χ3v) is 4.17. The van der Waals surface area contributed by atoms with Gasteiger partial charge in [-0.2, -0.15) is 9.97 Å². The first-order valence-electron chi connectivity index (χ1n) is 8.10. The van der Waals surface area contributed by atoms with E-state index in [0.29, 0.717) is 28.4 Å². The van der Waals surface area contributed by atoms with Gasteiger partial charge in [-0.1, -0.05) is 6.07 Å². The van der Waals surface area contributed by atoms with Crippen molar-refractivity contribution >= 4 is 44.3 Å². The number of aliphatic hydroxyl groups excluding tert-OH is 1. The number of aromatic amines is 1. The fourth-order valence-electron chi connectivity index (χ4n) is 2.34. The Labute approximate surface area is 156 Å². The number of hydrogen-bond acceptors (Lipinski definition) is 8. The molecule has 0 radical (unpaired) electrons. The van der Waals surface area contributed by atoms with Crippen molar-refractivity contribution in [3.63, 3.8) is 0 Å². The number of nitrogens with zero attached hydrogens (tertiary/aromatic N) is 3. The van der Waals surface area contributed by atoms with Gasteiger partial charge in [-0.05, 0) is 32.0 Å². The molecule has 0 saturated carbocycles. The smallest absolute Gasteiger partial charge is 0.231 e. The molecule has 0 unspecified atom stereocenters. The highest BCUT2D eigenvalue weighted by Gasteiger charge is 2.20. The largest absolute Gasteiger partial charge is 0.394 e. The molecule has 3 rings (SSSR count). The first-order valence-corrected chi connectivity index (χ1v) is 9.99. The topological polar surface area (TPSA) is 145 Å². The minimum absolute atomic E-state index is 0.0887. The van der Waals surface area contributed by atoms with Crippen molar-refractivity contribution in [2.24, 2.45) is 0 Å². The van der Waals surface area contributed by atoms with E-state index in [0.717, 1.165) is 6.26 Å². The Bertz CT molecular complexity index is 1060. The fraction of sp³-hybridized carbons (Fsp3) is 0.312. The average molecular weight is 391 g/mol. The summed E-state index contributed by atoms with van der Waals surface area (Å²) in [5.74, 6) is 0.770. The normalized spacial score (nSPS) is 12.1. The van der Waals surface area contributed by atoms with Crippen LogP contribution in [-0.2, 0) is 10.0 Å². The molecule has 144 valence electrons. The Morgan fingerprint density at radius 3 is 2.67 bits per heavy atom. The number of H-pyrrole nitrogens is 1. The third-order valence-electron chi connectivity index (χ3n) is 3.56. The average Bonchev–Trinajstić information content (AvgIpc) is 3.02. The van der Waals surface area contributed by atoms with Crippen LogP contribution < -0.4 is 15.4 Å². The Morgan fingerprint density at radius 2 is 1.96 bits per heavy atom. The predicted octanol–water partition coefficient (Wildman–Crippen LogP) is 1.65. The van der Waals surface area contributed by atoms with Gasteiger partial charge in [0.15, 0.2) is 11.5 Å². The van der Waals surface area contributed by atoms with Crippen molar-refractivity contribution in [3.05, 3.63) is 30.6 Å². The molecule has 10 nitrogen and oxygen atoms in total. The molecule has 0 aliphatic heterocycles. The summed E-state index contributed by atoms with van der Waals surface area (Å²) in [6, 6.07) is 6.73. The zero-order chi connectivity index (χ0) is 19.7. The molecule has 0 amide bonds. The van der Waals surface area contributed by atoms with E-state index in [1.54, 1.807) is 24.3 Å². The standard InChI is InChI=1S/C16H21N7O3S/c1-16(2,8-24)22-14-12-13(18-9-17-12)20-15(21-14)19-10-5-4-6-11(7-10)23-27(3,25)26/h4-7,9,23-24H,8H2,1-3H3,(H3,17,18,19,20,21,22). The van der Waals surface area contributed by atoms with E-state index in [1.165, 1.54) is 6.33 Å². The molecule has 2 aromatic heterocycles. The van der Waals surface area contributed by atoms with E-state index >= 15 is 0 Å². The van der Waals surface area contributed by atoms with Gasteiger partial charge in [-0.25, -0.2) is 13.4 Å². The monoisotopic (exact) mass is 391 g/mol. The zero-order valence-corrected chi connectivity index (χ0v) is 15.9. The molecular weight excluding hydrogens is 370 g/mol. The summed E-state index contributed by atoms with van der Waals surface area (Å²) in [4.78, 5) is 15.9. The second kappa shape index (κ2) is 7.00. The van der Waals surface area contributed by atoms with E-state index in [-0.39, 0.29) is 12.6 Å². The van der Waals surface area contributed by atoms with Crippen LogP contribution in [0.3, 0.4) is 0 Å². The molecule has 2 heterocycles. The van der Waals surface area contributed by atoms with Crippen LogP contribution in [0.4, 0.5) is 23.1 Å². The number of imidazole rings is 1. The number of anilines is 4. The molecule has 27 heavy (non-hydrogen) atoms. The summed E-state index contributed by atoms with van der Waals surface area (Å²) in [6.45, 7) is 3.59. The minimum Gasteiger partial charge on any atom is -0.394 e. The molecule has 5 N–H and O–H groups in total. The highest BCUT2D eigenvalue weighted by molar-refractivity contribution is 7.92. The lowest BCUT2D eigenvalue weighted by Crippen LogP contribution is -2.35. The van der Waals surface area contributed by atoms with Crippen LogP contribution in [0.15, 0.2) is 30.6 Å². The van der Waals surface area contributed by atoms with Crippen LogP contribution in [0.25, 0.3) is 11.2 Å². The molecular formula is C16H21N7O3S. The van der Waals surface area contributed by atoms with Gasteiger partial charge in [0, 0.05) is 5.69 Å². The van der Waals surface area contributed by atoms with E-state index in [9.17, 15) is 13.5 Å². The number of aliphatic hydroxyl groups is 1. The second-order valence-corrected chi connectivity index (χ2v) is 8.49. The van der Waals surface area contributed by atoms with Crippen molar-refractivity contribution in [2.75, 3.05) is 28.2 Å². The van der Waals surface area contributed by atoms with Gasteiger partial charge >= 0.3 is 0 Å². The Hall–Kier alpha value is -2.92. The summed E-state index contributed by atoms with van der Waals surface area (Å²) in [5.41, 5.74) is 1.50. The number of benzene rings is 1. The van der Waals surface area contributed by atoms with Gasteiger partial charge in [0.25, 0.3) is 0 Å². The Kier molecular flexibility index (Phi) is 4.89. The Balaban J connectivity index is 1.92. The van der Waals surface area contributed by atoms with Crippen molar-refractivity contribution in [3.8, 4) is 0 Å². The van der Waals surface area contributed by atoms with Gasteiger partial charge in [-0.3, -0.25) is 4.72 Å². The fourth-order valence-corrected chi connectivity index (χ4v) is 2.90. The van der Waals surface area contributed by atoms with E-state index in [1.807, 2.05) is 13.8 Å². The maximum Gasteiger partial charge on any atom is 0.231 e. The lowest BCUT2D eigenvalue weighted by atomic mass is 10.1. The van der Waals surface area contributed by atoms with Gasteiger partial charge in [-0.15, -0.1) is 0 Å². The summed E-state index contributed by atoms with van der Waals surface area (Å²) >= 11 is 0. The lowest BCUT2D eigenvalue weighted by molar-refractivity contribution is 0.234.